The van der Waals surface area contributed by atoms with Crippen LogP contribution in [0.3, 0.4) is 0 Å². The Morgan fingerprint density at radius 2 is 1.20 bits per heavy atom. The van der Waals surface area contributed by atoms with Crippen LogP contribution in [0.5, 0.6) is 0 Å². The van der Waals surface area contributed by atoms with Crippen LogP contribution >= 0.6 is 11.3 Å². The lowest BCUT2D eigenvalue weighted by Gasteiger charge is -2.11. The Kier molecular flexibility index (Phi) is 5.31. The van der Waals surface area contributed by atoms with Gasteiger partial charge in [0.15, 0.2) is 11.6 Å². The van der Waals surface area contributed by atoms with E-state index in [0.717, 1.165) is 22.2 Å². The van der Waals surface area contributed by atoms with Crippen molar-refractivity contribution in [2.75, 3.05) is 0 Å². The molecule has 5 heteroatoms. The summed E-state index contributed by atoms with van der Waals surface area (Å²) < 4.78 is 4.77. The molecule has 3 heterocycles. The van der Waals surface area contributed by atoms with Crippen molar-refractivity contribution in [3.63, 3.8) is 0 Å². The number of hydrogen-bond acceptors (Lipinski definition) is 4. The van der Waals surface area contributed by atoms with Gasteiger partial charge < -0.3 is 0 Å². The Labute approximate surface area is 241 Å². The number of fused-ring (bicyclic) bond motifs is 7. The number of nitrogens with zero attached hydrogens (tertiary/aromatic N) is 4. The molecule has 4 nitrogen and oxygen atoms in total. The van der Waals surface area contributed by atoms with E-state index in [0.29, 0.717) is 17.6 Å². The number of para-hydroxylation sites is 1. The summed E-state index contributed by atoms with van der Waals surface area (Å²) in [6.07, 6.45) is 0. The first kappa shape index (κ1) is 24.0. The van der Waals surface area contributed by atoms with Crippen molar-refractivity contribution in [3.8, 4) is 28.7 Å². The quantitative estimate of drug-likeness (QED) is 0.222. The lowest BCUT2D eigenvalue weighted by atomic mass is 10.1. The fraction of sp³-hybridized carbons (Fsp3) is 0.0833. The molecule has 0 unspecified atom stereocenters. The van der Waals surface area contributed by atoms with Crippen molar-refractivity contribution >= 4 is 53.3 Å². The average Bonchev–Trinajstić information content (AvgIpc) is 3.52. The fourth-order valence-corrected chi connectivity index (χ4v) is 7.12. The zero-order valence-corrected chi connectivity index (χ0v) is 23.8. The van der Waals surface area contributed by atoms with E-state index in [1.165, 1.54) is 47.6 Å². The van der Waals surface area contributed by atoms with Crippen molar-refractivity contribution < 1.29 is 0 Å². The molecule has 0 bridgehead atoms. The number of thiophene rings is 1. The molecule has 0 radical (unpaired) electrons. The van der Waals surface area contributed by atoms with E-state index >= 15 is 0 Å². The van der Waals surface area contributed by atoms with E-state index in [1.54, 1.807) is 0 Å². The van der Waals surface area contributed by atoms with Gasteiger partial charge in [-0.25, -0.2) is 4.98 Å². The zero-order valence-electron chi connectivity index (χ0n) is 23.0. The molecule has 0 N–H and O–H groups in total. The summed E-state index contributed by atoms with van der Waals surface area (Å²) in [7, 11) is 0. The zero-order chi connectivity index (χ0) is 27.7. The minimum Gasteiger partial charge on any atom is -0.276 e. The Balaban J connectivity index is 1.51. The van der Waals surface area contributed by atoms with E-state index in [2.05, 4.69) is 128 Å². The van der Waals surface area contributed by atoms with Gasteiger partial charge in [0.25, 0.3) is 0 Å². The Morgan fingerprint density at radius 3 is 1.90 bits per heavy atom. The minimum absolute atomic E-state index is 0.625. The van der Waals surface area contributed by atoms with Gasteiger partial charge in [-0.1, -0.05) is 89.5 Å². The molecule has 5 aromatic carbocycles. The summed E-state index contributed by atoms with van der Waals surface area (Å²) in [6.45, 7) is 6.35. The van der Waals surface area contributed by atoms with Crippen LogP contribution in [0.2, 0.25) is 0 Å². The molecular weight excluding hydrogens is 520 g/mol. The van der Waals surface area contributed by atoms with Crippen molar-refractivity contribution in [1.29, 1.82) is 0 Å². The Morgan fingerprint density at radius 1 is 0.537 bits per heavy atom. The first-order chi connectivity index (χ1) is 20.0. The standard InChI is InChI=1S/C36H26N4S/c1-21-8-6-10-24(18-21)34-37-35(25-11-7-9-22(2)19-25)39-36(38-34)40-30-13-5-4-12-26(30)27-15-16-28-29-20-23(3)14-17-31(29)41-33(28)32(27)40/h4-20H,1-3H3. The maximum absolute atomic E-state index is 5.16. The van der Waals surface area contributed by atoms with E-state index < -0.39 is 0 Å². The van der Waals surface area contributed by atoms with Crippen LogP contribution in [-0.2, 0) is 0 Å². The molecular formula is C36H26N4S. The molecule has 0 aliphatic rings. The number of benzene rings is 5. The van der Waals surface area contributed by atoms with Gasteiger partial charge in [0, 0.05) is 37.4 Å². The van der Waals surface area contributed by atoms with Gasteiger partial charge in [-0.3, -0.25) is 4.57 Å². The molecule has 3 aromatic heterocycles. The van der Waals surface area contributed by atoms with Crippen LogP contribution < -0.4 is 0 Å². The predicted octanol–water partition coefficient (Wildman–Crippen LogP) is 9.60. The summed E-state index contributed by atoms with van der Waals surface area (Å²) in [6, 6.07) is 36.6. The van der Waals surface area contributed by atoms with Crippen LogP contribution in [0.25, 0.3) is 70.7 Å². The highest BCUT2D eigenvalue weighted by molar-refractivity contribution is 7.26. The summed E-state index contributed by atoms with van der Waals surface area (Å²) >= 11 is 1.84. The van der Waals surface area contributed by atoms with E-state index in [-0.39, 0.29) is 0 Å². The molecule has 0 fully saturated rings. The third-order valence-corrected chi connectivity index (χ3v) is 9.00. The highest BCUT2D eigenvalue weighted by atomic mass is 32.1. The Hall–Kier alpha value is -4.87. The highest BCUT2D eigenvalue weighted by Crippen LogP contribution is 2.43. The van der Waals surface area contributed by atoms with E-state index in [4.69, 9.17) is 15.0 Å². The average molecular weight is 547 g/mol. The second kappa shape index (κ2) is 9.08. The maximum atomic E-state index is 5.16. The fourth-order valence-electron chi connectivity index (χ4n) is 5.89. The van der Waals surface area contributed by atoms with Crippen molar-refractivity contribution in [1.82, 2.24) is 19.5 Å². The van der Waals surface area contributed by atoms with Crippen LogP contribution in [0.15, 0.2) is 103 Å². The van der Waals surface area contributed by atoms with Crippen molar-refractivity contribution in [2.45, 2.75) is 20.8 Å². The van der Waals surface area contributed by atoms with Gasteiger partial charge in [-0.05, 0) is 51.1 Å². The smallest absolute Gasteiger partial charge is 0.238 e. The summed E-state index contributed by atoms with van der Waals surface area (Å²) in [5, 5.41) is 4.94. The number of hydrogen-bond donors (Lipinski definition) is 0. The van der Waals surface area contributed by atoms with Crippen molar-refractivity contribution in [2.24, 2.45) is 0 Å². The van der Waals surface area contributed by atoms with Gasteiger partial charge in [0.2, 0.25) is 5.95 Å². The Bertz CT molecular complexity index is 2240. The monoisotopic (exact) mass is 546 g/mol. The van der Waals surface area contributed by atoms with Crippen LogP contribution in [-0.4, -0.2) is 19.5 Å². The normalized spacial score (nSPS) is 11.8. The second-order valence-electron chi connectivity index (χ2n) is 10.8. The summed E-state index contributed by atoms with van der Waals surface area (Å²) in [5.74, 6) is 1.96. The van der Waals surface area contributed by atoms with Gasteiger partial charge in [-0.2, -0.15) is 9.97 Å². The van der Waals surface area contributed by atoms with E-state index in [1.807, 2.05) is 11.3 Å². The SMILES string of the molecule is Cc1cccc(-c2nc(-c3cccc(C)c3)nc(-n3c4ccccc4c4ccc5c6cc(C)ccc6sc5c43)n2)c1. The second-order valence-corrected chi connectivity index (χ2v) is 11.9. The van der Waals surface area contributed by atoms with Crippen LogP contribution in [0.4, 0.5) is 0 Å². The minimum atomic E-state index is 0.625. The molecule has 196 valence electrons. The van der Waals surface area contributed by atoms with Crippen LogP contribution in [0, 0.1) is 20.8 Å². The third-order valence-electron chi connectivity index (χ3n) is 7.80. The largest absolute Gasteiger partial charge is 0.276 e. The molecule has 8 aromatic rings. The molecule has 0 spiro atoms. The first-order valence-electron chi connectivity index (χ1n) is 13.8. The molecule has 0 atom stereocenters. The van der Waals surface area contributed by atoms with Gasteiger partial charge in [0.1, 0.15) is 0 Å². The van der Waals surface area contributed by atoms with Gasteiger partial charge in [0.05, 0.1) is 15.7 Å². The molecule has 0 aliphatic heterocycles. The highest BCUT2D eigenvalue weighted by Gasteiger charge is 2.21. The maximum Gasteiger partial charge on any atom is 0.238 e. The summed E-state index contributed by atoms with van der Waals surface area (Å²) in [4.78, 5) is 15.3. The van der Waals surface area contributed by atoms with Crippen LogP contribution in [0.1, 0.15) is 16.7 Å². The number of rotatable bonds is 3. The van der Waals surface area contributed by atoms with Crippen molar-refractivity contribution in [3.05, 3.63) is 120 Å². The van der Waals surface area contributed by atoms with Gasteiger partial charge >= 0.3 is 0 Å². The third kappa shape index (κ3) is 3.85. The topological polar surface area (TPSA) is 43.6 Å². The molecule has 0 aliphatic carbocycles. The number of aromatic nitrogens is 4. The molecule has 8 rings (SSSR count). The first-order valence-corrected chi connectivity index (χ1v) is 14.6. The van der Waals surface area contributed by atoms with Gasteiger partial charge in [-0.15, -0.1) is 11.3 Å². The van der Waals surface area contributed by atoms with E-state index in [9.17, 15) is 0 Å². The lowest BCUT2D eigenvalue weighted by molar-refractivity contribution is 0.955. The molecule has 0 saturated heterocycles. The molecule has 0 amide bonds. The molecule has 41 heavy (non-hydrogen) atoms. The predicted molar refractivity (Wildman–Crippen MR) is 172 cm³/mol. The summed E-state index contributed by atoms with van der Waals surface area (Å²) in [5.41, 5.74) is 7.78. The molecule has 0 saturated carbocycles. The lowest BCUT2D eigenvalue weighted by Crippen LogP contribution is -2.06. The number of aryl methyl sites for hydroxylation is 3.